The average Bonchev–Trinajstić information content (AvgIpc) is 3.34. The first-order chi connectivity index (χ1) is 13.1. The molecule has 0 amide bonds. The molecule has 6 N–H and O–H groups in total. The van der Waals surface area contributed by atoms with Crippen LogP contribution in [0.2, 0.25) is 0 Å². The van der Waals surface area contributed by atoms with Crippen molar-refractivity contribution < 1.29 is 0 Å². The zero-order valence-electron chi connectivity index (χ0n) is 15.8. The highest BCUT2D eigenvalue weighted by Gasteiger charge is 2.38. The summed E-state index contributed by atoms with van der Waals surface area (Å²) in [6.07, 6.45) is 6.02. The molecule has 5 heteroatoms. The summed E-state index contributed by atoms with van der Waals surface area (Å²) in [4.78, 5) is 0. The summed E-state index contributed by atoms with van der Waals surface area (Å²) in [7, 11) is 0. The van der Waals surface area contributed by atoms with Crippen molar-refractivity contribution in [2.45, 2.75) is 49.8 Å². The minimum Gasteiger partial charge on any atom is -0.399 e. The summed E-state index contributed by atoms with van der Waals surface area (Å²) in [5.41, 5.74) is 16.2. The largest absolute Gasteiger partial charge is 0.399 e. The molecular weight excluding hydrogens is 352 g/mol. The first-order valence-corrected chi connectivity index (χ1v) is 10.5. The van der Waals surface area contributed by atoms with E-state index in [1.165, 1.54) is 25.7 Å². The molecule has 1 heterocycles. The van der Waals surface area contributed by atoms with E-state index in [0.29, 0.717) is 22.1 Å². The van der Waals surface area contributed by atoms with Crippen LogP contribution < -0.4 is 22.1 Å². The number of rotatable bonds is 8. The molecule has 0 saturated carbocycles. The van der Waals surface area contributed by atoms with Gasteiger partial charge < -0.3 is 22.1 Å². The minimum absolute atomic E-state index is 0.305. The Balaban J connectivity index is 1.48. The fourth-order valence-electron chi connectivity index (χ4n) is 2.91. The predicted molar refractivity (Wildman–Crippen MR) is 120 cm³/mol. The molecule has 2 unspecified atom stereocenters. The Hall–Kier alpha value is -2.45. The van der Waals surface area contributed by atoms with E-state index < -0.39 is 0 Å². The first-order valence-electron chi connectivity index (χ1n) is 9.57. The molecule has 2 atom stereocenters. The van der Waals surface area contributed by atoms with Gasteiger partial charge in [0.05, 0.1) is 0 Å². The number of thioether (sulfide) groups is 1. The molecular formula is C22H28N4S. The number of nitrogen functional groups attached to an aromatic ring is 2. The Bertz CT molecular complexity index is 804. The monoisotopic (exact) mass is 380 g/mol. The number of unbranched alkanes of at least 4 members (excludes halogenated alkanes) is 4. The van der Waals surface area contributed by atoms with Gasteiger partial charge in [-0.1, -0.05) is 44.1 Å². The normalized spacial score (nSPS) is 17.7. The first kappa shape index (κ1) is 19.3. The van der Waals surface area contributed by atoms with Crippen LogP contribution in [0.3, 0.4) is 0 Å². The number of benzene rings is 2. The molecule has 4 nitrogen and oxygen atoms in total. The van der Waals surface area contributed by atoms with Crippen molar-refractivity contribution >= 4 is 34.5 Å². The maximum atomic E-state index is 5.85. The third-order valence-electron chi connectivity index (χ3n) is 4.34. The fourth-order valence-corrected chi connectivity index (χ4v) is 3.68. The molecule has 1 fully saturated rings. The van der Waals surface area contributed by atoms with Gasteiger partial charge in [0, 0.05) is 34.7 Å². The van der Waals surface area contributed by atoms with Gasteiger partial charge in [-0.05, 0) is 42.8 Å². The van der Waals surface area contributed by atoms with Gasteiger partial charge in [-0.3, -0.25) is 0 Å². The highest BCUT2D eigenvalue weighted by Crippen LogP contribution is 2.42. The van der Waals surface area contributed by atoms with Crippen LogP contribution >= 0.6 is 11.8 Å². The maximum absolute atomic E-state index is 5.85. The number of nitrogens with two attached hydrogens (primary N) is 2. The van der Waals surface area contributed by atoms with Gasteiger partial charge in [-0.15, -0.1) is 11.8 Å². The van der Waals surface area contributed by atoms with Gasteiger partial charge in [0.15, 0.2) is 0 Å². The second-order valence-corrected chi connectivity index (χ2v) is 8.14. The van der Waals surface area contributed by atoms with E-state index in [9.17, 15) is 0 Å². The van der Waals surface area contributed by atoms with Crippen LogP contribution in [0.25, 0.3) is 0 Å². The second kappa shape index (κ2) is 9.48. The van der Waals surface area contributed by atoms with Crippen molar-refractivity contribution in [1.82, 2.24) is 0 Å². The van der Waals surface area contributed by atoms with Crippen molar-refractivity contribution in [3.05, 3.63) is 48.0 Å². The molecule has 0 aliphatic carbocycles. The Morgan fingerprint density at radius 2 is 1.67 bits per heavy atom. The Labute approximate surface area is 166 Å². The average molecular weight is 381 g/mol. The van der Waals surface area contributed by atoms with Crippen molar-refractivity contribution in [3.8, 4) is 11.8 Å². The third kappa shape index (κ3) is 6.33. The molecule has 0 spiro atoms. The molecule has 27 heavy (non-hydrogen) atoms. The zero-order valence-corrected chi connectivity index (χ0v) is 16.6. The highest BCUT2D eigenvalue weighted by atomic mass is 32.2. The van der Waals surface area contributed by atoms with E-state index >= 15 is 0 Å². The predicted octanol–water partition coefficient (Wildman–Crippen LogP) is 5.10. The van der Waals surface area contributed by atoms with E-state index in [0.717, 1.165) is 23.4 Å². The summed E-state index contributed by atoms with van der Waals surface area (Å²) in [5, 5.41) is 7.63. The van der Waals surface area contributed by atoms with Gasteiger partial charge >= 0.3 is 0 Å². The summed E-state index contributed by atoms with van der Waals surface area (Å²) < 4.78 is 0. The van der Waals surface area contributed by atoms with Crippen molar-refractivity contribution in [1.29, 1.82) is 0 Å². The highest BCUT2D eigenvalue weighted by molar-refractivity contribution is 8.07. The minimum atomic E-state index is 0.305. The number of hydrogen-bond acceptors (Lipinski definition) is 5. The summed E-state index contributed by atoms with van der Waals surface area (Å²) in [5.74, 6) is 6.57. The second-order valence-electron chi connectivity index (χ2n) is 6.85. The van der Waals surface area contributed by atoms with E-state index in [2.05, 4.69) is 53.7 Å². The maximum Gasteiger partial charge on any atom is 0.104 e. The Morgan fingerprint density at radius 1 is 0.926 bits per heavy atom. The fraction of sp³-hybridized carbons (Fsp3) is 0.364. The molecule has 0 aromatic heterocycles. The quantitative estimate of drug-likeness (QED) is 0.222. The summed E-state index contributed by atoms with van der Waals surface area (Å²) >= 11 is 1.83. The molecule has 1 aliphatic rings. The third-order valence-corrected chi connectivity index (χ3v) is 5.39. The number of anilines is 4. The van der Waals surface area contributed by atoms with Gasteiger partial charge in [0.25, 0.3) is 0 Å². The van der Waals surface area contributed by atoms with E-state index in [-0.39, 0.29) is 0 Å². The zero-order chi connectivity index (χ0) is 19.1. The van der Waals surface area contributed by atoms with E-state index in [1.54, 1.807) is 6.07 Å². The molecule has 0 radical (unpaired) electrons. The standard InChI is InChI=1S/C22H28N4S/c1-2-3-4-5-6-7-9-16-10-8-11-19(12-16)25-21-22(27-21)26-20-14-17(23)13-18(24)15-20/h8,10-15,21-22,25-26H,2-6,23-24H2,1H3. The van der Waals surface area contributed by atoms with Gasteiger partial charge in [0.2, 0.25) is 0 Å². The van der Waals surface area contributed by atoms with Crippen LogP contribution in [0.5, 0.6) is 0 Å². The van der Waals surface area contributed by atoms with Crippen LogP contribution in [0.4, 0.5) is 22.7 Å². The SMILES string of the molecule is CCCCCCC#Cc1cccc(NC2SC2Nc2cc(N)cc(N)c2)c1. The molecule has 3 rings (SSSR count). The van der Waals surface area contributed by atoms with E-state index in [4.69, 9.17) is 11.5 Å². The summed E-state index contributed by atoms with van der Waals surface area (Å²) in [6, 6.07) is 13.9. The lowest BCUT2D eigenvalue weighted by Crippen LogP contribution is -2.14. The Kier molecular flexibility index (Phi) is 6.78. The molecule has 142 valence electrons. The van der Waals surface area contributed by atoms with Crippen LogP contribution in [-0.2, 0) is 0 Å². The van der Waals surface area contributed by atoms with Crippen LogP contribution in [-0.4, -0.2) is 10.7 Å². The lowest BCUT2D eigenvalue weighted by atomic mass is 10.1. The molecule has 2 aromatic rings. The molecule has 1 aliphatic heterocycles. The van der Waals surface area contributed by atoms with Crippen molar-refractivity contribution in [3.63, 3.8) is 0 Å². The molecule has 2 aromatic carbocycles. The van der Waals surface area contributed by atoms with Gasteiger partial charge in [-0.2, -0.15) is 0 Å². The van der Waals surface area contributed by atoms with Crippen LogP contribution in [0.1, 0.15) is 44.6 Å². The van der Waals surface area contributed by atoms with Crippen molar-refractivity contribution in [2.75, 3.05) is 22.1 Å². The van der Waals surface area contributed by atoms with E-state index in [1.807, 2.05) is 23.9 Å². The summed E-state index contributed by atoms with van der Waals surface area (Å²) in [6.45, 7) is 2.23. The lowest BCUT2D eigenvalue weighted by Gasteiger charge is -2.08. The molecule has 1 saturated heterocycles. The number of hydrogen-bond donors (Lipinski definition) is 4. The topological polar surface area (TPSA) is 76.1 Å². The van der Waals surface area contributed by atoms with Crippen LogP contribution in [0, 0.1) is 11.8 Å². The van der Waals surface area contributed by atoms with Gasteiger partial charge in [0.1, 0.15) is 10.7 Å². The molecule has 0 bridgehead atoms. The van der Waals surface area contributed by atoms with Crippen molar-refractivity contribution in [2.24, 2.45) is 0 Å². The Morgan fingerprint density at radius 3 is 2.41 bits per heavy atom. The van der Waals surface area contributed by atoms with Crippen LogP contribution in [0.15, 0.2) is 42.5 Å². The smallest absolute Gasteiger partial charge is 0.104 e. The lowest BCUT2D eigenvalue weighted by molar-refractivity contribution is 0.679. The number of nitrogens with one attached hydrogen (secondary N) is 2. The van der Waals surface area contributed by atoms with Gasteiger partial charge in [-0.25, -0.2) is 0 Å².